The van der Waals surface area contributed by atoms with Gasteiger partial charge in [0.25, 0.3) is 0 Å². The summed E-state index contributed by atoms with van der Waals surface area (Å²) in [7, 11) is 0. The van der Waals surface area contributed by atoms with Crippen molar-refractivity contribution in [2.24, 2.45) is 5.41 Å². The fourth-order valence-electron chi connectivity index (χ4n) is 2.37. The van der Waals surface area contributed by atoms with Gasteiger partial charge in [-0.3, -0.25) is 9.59 Å². The zero-order chi connectivity index (χ0) is 14.0. The van der Waals surface area contributed by atoms with E-state index in [4.69, 9.17) is 0 Å². The monoisotopic (exact) mass is 272 g/mol. The fraction of sp³-hybridized carbons (Fsp3) is 0.500. The second-order valence-corrected chi connectivity index (χ2v) is 5.82. The van der Waals surface area contributed by atoms with Crippen molar-refractivity contribution in [3.63, 3.8) is 0 Å². The van der Waals surface area contributed by atoms with Gasteiger partial charge < -0.3 is 10.6 Å². The third-order valence-electron chi connectivity index (χ3n) is 4.07. The molecule has 2 saturated carbocycles. The molecule has 0 unspecified atom stereocenters. The highest BCUT2D eigenvalue weighted by molar-refractivity contribution is 6.08. The third-order valence-corrected chi connectivity index (χ3v) is 4.07. The molecule has 2 amide bonds. The lowest BCUT2D eigenvalue weighted by Gasteiger charge is -2.15. The van der Waals surface area contributed by atoms with E-state index in [9.17, 15) is 9.59 Å². The van der Waals surface area contributed by atoms with E-state index in [1.165, 1.54) is 5.56 Å². The lowest BCUT2D eigenvalue weighted by Crippen LogP contribution is -2.44. The summed E-state index contributed by atoms with van der Waals surface area (Å²) in [5.74, 6) is -0.177. The first-order valence-corrected chi connectivity index (χ1v) is 7.34. The van der Waals surface area contributed by atoms with Crippen LogP contribution in [0.2, 0.25) is 0 Å². The lowest BCUT2D eigenvalue weighted by molar-refractivity contribution is -0.137. The molecule has 0 radical (unpaired) electrons. The summed E-state index contributed by atoms with van der Waals surface area (Å²) in [6.45, 7) is 0.585. The first-order valence-electron chi connectivity index (χ1n) is 7.34. The number of benzene rings is 1. The normalized spacial score (nSPS) is 19.2. The highest BCUT2D eigenvalue weighted by atomic mass is 16.2. The van der Waals surface area contributed by atoms with Crippen LogP contribution in [0.15, 0.2) is 30.3 Å². The van der Waals surface area contributed by atoms with Crippen molar-refractivity contribution in [3.05, 3.63) is 35.9 Å². The number of hydrogen-bond acceptors (Lipinski definition) is 2. The average Bonchev–Trinajstić information content (AvgIpc) is 3.34. The van der Waals surface area contributed by atoms with E-state index in [1.807, 2.05) is 30.3 Å². The van der Waals surface area contributed by atoms with Crippen molar-refractivity contribution in [2.75, 3.05) is 6.54 Å². The molecule has 3 rings (SSSR count). The zero-order valence-corrected chi connectivity index (χ0v) is 11.5. The van der Waals surface area contributed by atoms with Gasteiger partial charge in [-0.1, -0.05) is 30.3 Å². The van der Waals surface area contributed by atoms with Crippen LogP contribution in [0, 0.1) is 5.41 Å². The Balaban J connectivity index is 1.47. The van der Waals surface area contributed by atoms with Crippen LogP contribution in [0.25, 0.3) is 0 Å². The predicted molar refractivity (Wildman–Crippen MR) is 76.0 cm³/mol. The molecule has 4 heteroatoms. The molecule has 2 aliphatic carbocycles. The van der Waals surface area contributed by atoms with Crippen LogP contribution in [0.3, 0.4) is 0 Å². The van der Waals surface area contributed by atoms with Crippen LogP contribution in [0.4, 0.5) is 0 Å². The Morgan fingerprint density at radius 3 is 2.40 bits per heavy atom. The Kier molecular flexibility index (Phi) is 3.47. The van der Waals surface area contributed by atoms with E-state index < -0.39 is 5.41 Å². The minimum absolute atomic E-state index is 0.0720. The molecule has 0 heterocycles. The second-order valence-electron chi connectivity index (χ2n) is 5.82. The predicted octanol–water partition coefficient (Wildman–Crippen LogP) is 1.40. The summed E-state index contributed by atoms with van der Waals surface area (Å²) < 4.78 is 0. The van der Waals surface area contributed by atoms with Crippen LogP contribution in [-0.4, -0.2) is 24.4 Å². The van der Waals surface area contributed by atoms with Crippen molar-refractivity contribution in [1.82, 2.24) is 10.6 Å². The minimum Gasteiger partial charge on any atom is -0.355 e. The minimum atomic E-state index is -0.765. The highest BCUT2D eigenvalue weighted by Crippen LogP contribution is 2.46. The first-order chi connectivity index (χ1) is 9.71. The number of carbonyl (C=O) groups excluding carboxylic acids is 2. The van der Waals surface area contributed by atoms with Crippen molar-refractivity contribution >= 4 is 11.8 Å². The standard InChI is InChI=1S/C16H20N2O2/c19-14(17-11-8-12-4-2-1-3-5-12)16(9-10-16)15(20)18-13-6-7-13/h1-5,13H,6-11H2,(H,17,19)(H,18,20). The second kappa shape index (κ2) is 5.27. The molecule has 1 aromatic rings. The molecule has 0 atom stereocenters. The quantitative estimate of drug-likeness (QED) is 0.769. The van der Waals surface area contributed by atoms with Crippen LogP contribution in [-0.2, 0) is 16.0 Å². The van der Waals surface area contributed by atoms with Gasteiger partial charge >= 0.3 is 0 Å². The zero-order valence-electron chi connectivity index (χ0n) is 11.5. The van der Waals surface area contributed by atoms with E-state index in [2.05, 4.69) is 10.6 Å². The molecule has 0 aliphatic heterocycles. The van der Waals surface area contributed by atoms with E-state index >= 15 is 0 Å². The first kappa shape index (κ1) is 13.2. The number of carbonyl (C=O) groups is 2. The van der Waals surface area contributed by atoms with Gasteiger partial charge in [-0.15, -0.1) is 0 Å². The van der Waals surface area contributed by atoms with Gasteiger partial charge in [-0.2, -0.15) is 0 Å². The van der Waals surface area contributed by atoms with Gasteiger partial charge in [-0.25, -0.2) is 0 Å². The molecule has 0 bridgehead atoms. The topological polar surface area (TPSA) is 58.2 Å². The Labute approximate surface area is 118 Å². The molecule has 4 nitrogen and oxygen atoms in total. The number of nitrogens with one attached hydrogen (secondary N) is 2. The van der Waals surface area contributed by atoms with Gasteiger partial charge in [0.05, 0.1) is 0 Å². The largest absolute Gasteiger partial charge is 0.355 e. The van der Waals surface area contributed by atoms with E-state index in [1.54, 1.807) is 0 Å². The van der Waals surface area contributed by atoms with Crippen LogP contribution < -0.4 is 10.6 Å². The Morgan fingerprint density at radius 2 is 1.80 bits per heavy atom. The summed E-state index contributed by atoms with van der Waals surface area (Å²) in [5.41, 5.74) is 0.430. The molecule has 0 aromatic heterocycles. The summed E-state index contributed by atoms with van der Waals surface area (Å²) in [6, 6.07) is 10.4. The average molecular weight is 272 g/mol. The van der Waals surface area contributed by atoms with E-state index in [-0.39, 0.29) is 11.8 Å². The molecule has 0 spiro atoms. The van der Waals surface area contributed by atoms with Crippen LogP contribution >= 0.6 is 0 Å². The number of hydrogen-bond donors (Lipinski definition) is 2. The highest BCUT2D eigenvalue weighted by Gasteiger charge is 2.57. The SMILES string of the molecule is O=C(NCCc1ccccc1)C1(C(=O)NC2CC2)CC1. The molecule has 20 heavy (non-hydrogen) atoms. The molecular formula is C16H20N2O2. The molecule has 106 valence electrons. The third kappa shape index (κ3) is 2.84. The maximum Gasteiger partial charge on any atom is 0.235 e. The molecule has 2 aliphatic rings. The molecule has 2 fully saturated rings. The Morgan fingerprint density at radius 1 is 1.10 bits per heavy atom. The number of rotatable bonds is 6. The van der Waals surface area contributed by atoms with Crippen molar-refractivity contribution in [3.8, 4) is 0 Å². The van der Waals surface area contributed by atoms with Gasteiger partial charge in [0.2, 0.25) is 11.8 Å². The summed E-state index contributed by atoms with van der Waals surface area (Å²) in [4.78, 5) is 24.3. The maximum atomic E-state index is 12.2. The van der Waals surface area contributed by atoms with Gasteiger partial charge in [0, 0.05) is 12.6 Å². The number of amides is 2. The summed E-state index contributed by atoms with van der Waals surface area (Å²) in [5, 5.41) is 5.85. The van der Waals surface area contributed by atoms with Crippen LogP contribution in [0.5, 0.6) is 0 Å². The van der Waals surface area contributed by atoms with Crippen molar-refractivity contribution < 1.29 is 9.59 Å². The van der Waals surface area contributed by atoms with Crippen molar-refractivity contribution in [1.29, 1.82) is 0 Å². The Bertz CT molecular complexity index is 504. The molecular weight excluding hydrogens is 252 g/mol. The summed E-state index contributed by atoms with van der Waals surface area (Å²) in [6.07, 6.45) is 4.27. The lowest BCUT2D eigenvalue weighted by atomic mass is 10.0. The molecule has 2 N–H and O–H groups in total. The van der Waals surface area contributed by atoms with Gasteiger partial charge in [0.1, 0.15) is 5.41 Å². The van der Waals surface area contributed by atoms with E-state index in [0.29, 0.717) is 25.4 Å². The van der Waals surface area contributed by atoms with Gasteiger partial charge in [0.15, 0.2) is 0 Å². The fourth-order valence-corrected chi connectivity index (χ4v) is 2.37. The molecule has 0 saturated heterocycles. The molecule has 1 aromatic carbocycles. The van der Waals surface area contributed by atoms with E-state index in [0.717, 1.165) is 19.3 Å². The Hall–Kier alpha value is -1.84. The van der Waals surface area contributed by atoms with Crippen LogP contribution in [0.1, 0.15) is 31.2 Å². The van der Waals surface area contributed by atoms with Gasteiger partial charge in [-0.05, 0) is 37.7 Å². The summed E-state index contributed by atoms with van der Waals surface area (Å²) >= 11 is 0. The smallest absolute Gasteiger partial charge is 0.235 e. The van der Waals surface area contributed by atoms with Crippen molar-refractivity contribution in [2.45, 2.75) is 38.1 Å². The maximum absolute atomic E-state index is 12.2.